The summed E-state index contributed by atoms with van der Waals surface area (Å²) in [5.41, 5.74) is 2.26. The maximum atomic E-state index is 12.6. The Balaban J connectivity index is 1.65. The molecule has 2 aliphatic rings. The predicted molar refractivity (Wildman–Crippen MR) is 147 cm³/mol. The maximum absolute atomic E-state index is 12.6. The molecule has 1 aliphatic carbocycles. The number of aliphatic hydroxyl groups excluding tert-OH is 2. The average Bonchev–Trinajstić information content (AvgIpc) is 3.29. The fraction of sp³-hybridized carbons (Fsp3) is 0.600. The number of nitrogens with one attached hydrogen (secondary N) is 1. The van der Waals surface area contributed by atoms with Crippen LogP contribution in [0.1, 0.15) is 91.9 Å². The number of rotatable bonds is 11. The second kappa shape index (κ2) is 13.6. The lowest BCUT2D eigenvalue weighted by Crippen LogP contribution is -2.59. The van der Waals surface area contributed by atoms with E-state index in [2.05, 4.69) is 5.32 Å². The van der Waals surface area contributed by atoms with E-state index in [1.807, 2.05) is 33.8 Å². The van der Waals surface area contributed by atoms with Gasteiger partial charge in [0.2, 0.25) is 0 Å². The van der Waals surface area contributed by atoms with E-state index in [0.29, 0.717) is 30.5 Å². The molecule has 1 heterocycles. The molecule has 0 radical (unpaired) electrons. The molecule has 11 heteroatoms. The van der Waals surface area contributed by atoms with Crippen molar-refractivity contribution in [2.45, 2.75) is 110 Å². The summed E-state index contributed by atoms with van der Waals surface area (Å²) in [5.74, 6) is -2.23. The minimum Gasteiger partial charge on any atom is -0.459 e. The SMILES string of the molecule is CCCCNC(=O)[C@]1(O)C[C@@H](O)[C@@H](O)[C@H](OC(=O)CC/C(C)=C/Cc2c(C)c(C)c3c(c2OC(C)=O)C(=O)OC3)C1. The Hall–Kier alpha value is -3.28. The summed E-state index contributed by atoms with van der Waals surface area (Å²) < 4.78 is 16.0. The number of allylic oxidation sites excluding steroid dienone is 2. The van der Waals surface area contributed by atoms with E-state index in [1.54, 1.807) is 0 Å². The van der Waals surface area contributed by atoms with Gasteiger partial charge in [0.05, 0.1) is 6.10 Å². The maximum Gasteiger partial charge on any atom is 0.342 e. The Kier molecular flexibility index (Phi) is 10.7. The van der Waals surface area contributed by atoms with Gasteiger partial charge in [0.15, 0.2) is 0 Å². The highest BCUT2D eigenvalue weighted by Gasteiger charge is 2.50. The van der Waals surface area contributed by atoms with Crippen molar-refractivity contribution in [1.29, 1.82) is 0 Å². The first-order valence-corrected chi connectivity index (χ1v) is 14.0. The normalized spacial score (nSPS) is 24.0. The predicted octanol–water partition coefficient (Wildman–Crippen LogP) is 2.24. The molecule has 11 nitrogen and oxygen atoms in total. The molecule has 41 heavy (non-hydrogen) atoms. The Morgan fingerprint density at radius 2 is 1.83 bits per heavy atom. The lowest BCUT2D eigenvalue weighted by molar-refractivity contribution is -0.190. The molecule has 4 atom stereocenters. The van der Waals surface area contributed by atoms with E-state index in [0.717, 1.165) is 29.5 Å². The van der Waals surface area contributed by atoms with Crippen molar-refractivity contribution in [1.82, 2.24) is 5.32 Å². The second-order valence-electron chi connectivity index (χ2n) is 11.0. The first-order chi connectivity index (χ1) is 19.3. The lowest BCUT2D eigenvalue weighted by atomic mass is 9.79. The van der Waals surface area contributed by atoms with E-state index in [-0.39, 0.29) is 37.2 Å². The molecule has 0 aromatic heterocycles. The van der Waals surface area contributed by atoms with Gasteiger partial charge >= 0.3 is 17.9 Å². The number of carbonyl (C=O) groups is 4. The van der Waals surface area contributed by atoms with Crippen LogP contribution in [0, 0.1) is 13.8 Å². The number of amides is 1. The van der Waals surface area contributed by atoms with Crippen LogP contribution in [0.15, 0.2) is 11.6 Å². The molecule has 0 unspecified atom stereocenters. The van der Waals surface area contributed by atoms with Gasteiger partial charge in [-0.3, -0.25) is 14.4 Å². The van der Waals surface area contributed by atoms with Gasteiger partial charge in [-0.2, -0.15) is 0 Å². The van der Waals surface area contributed by atoms with E-state index in [4.69, 9.17) is 14.2 Å². The summed E-state index contributed by atoms with van der Waals surface area (Å²) in [5, 5.41) is 34.1. The summed E-state index contributed by atoms with van der Waals surface area (Å²) in [4.78, 5) is 49.4. The summed E-state index contributed by atoms with van der Waals surface area (Å²) in [7, 11) is 0. The minimum absolute atomic E-state index is 0.0475. The van der Waals surface area contributed by atoms with Gasteiger partial charge in [-0.1, -0.05) is 25.0 Å². The number of esters is 3. The van der Waals surface area contributed by atoms with Gasteiger partial charge in [-0.15, -0.1) is 0 Å². The Morgan fingerprint density at radius 3 is 2.49 bits per heavy atom. The number of carbonyl (C=O) groups excluding carboxylic acids is 4. The number of ether oxygens (including phenoxy) is 3. The molecule has 226 valence electrons. The van der Waals surface area contributed by atoms with Gasteiger partial charge in [0.1, 0.15) is 35.7 Å². The Bertz CT molecular complexity index is 1220. The number of fused-ring (bicyclic) bond motifs is 1. The van der Waals surface area contributed by atoms with Gasteiger partial charge < -0.3 is 34.8 Å². The molecule has 1 saturated carbocycles. The van der Waals surface area contributed by atoms with Gasteiger partial charge in [0, 0.05) is 43.9 Å². The monoisotopic (exact) mass is 575 g/mol. The van der Waals surface area contributed by atoms with Gasteiger partial charge in [-0.25, -0.2) is 4.79 Å². The number of benzene rings is 1. The van der Waals surface area contributed by atoms with Crippen LogP contribution in [0.3, 0.4) is 0 Å². The lowest BCUT2D eigenvalue weighted by Gasteiger charge is -2.40. The number of unbranched alkanes of at least 4 members (excludes halogenated alkanes) is 1. The number of cyclic esters (lactones) is 1. The second-order valence-corrected chi connectivity index (χ2v) is 11.0. The van der Waals surface area contributed by atoms with Crippen LogP contribution in [0.2, 0.25) is 0 Å². The molecule has 3 rings (SSSR count). The van der Waals surface area contributed by atoms with Crippen molar-refractivity contribution in [3.05, 3.63) is 39.5 Å². The molecule has 4 N–H and O–H groups in total. The summed E-state index contributed by atoms with van der Waals surface area (Å²) in [6, 6.07) is 0. The molecule has 0 spiro atoms. The minimum atomic E-state index is -1.97. The van der Waals surface area contributed by atoms with Crippen LogP contribution in [0.25, 0.3) is 0 Å². The molecular weight excluding hydrogens is 534 g/mol. The van der Waals surface area contributed by atoms with Crippen molar-refractivity contribution in [2.75, 3.05) is 6.54 Å². The first-order valence-electron chi connectivity index (χ1n) is 14.0. The van der Waals surface area contributed by atoms with Crippen molar-refractivity contribution in [3.8, 4) is 5.75 Å². The largest absolute Gasteiger partial charge is 0.459 e. The van der Waals surface area contributed by atoms with Crippen molar-refractivity contribution in [3.63, 3.8) is 0 Å². The Labute approximate surface area is 239 Å². The Morgan fingerprint density at radius 1 is 1.12 bits per heavy atom. The molecule has 1 aromatic rings. The van der Waals surface area contributed by atoms with E-state index < -0.39 is 47.7 Å². The highest BCUT2D eigenvalue weighted by atomic mass is 16.6. The zero-order valence-corrected chi connectivity index (χ0v) is 24.4. The smallest absolute Gasteiger partial charge is 0.342 e. The van der Waals surface area contributed by atoms with Crippen LogP contribution in [0.5, 0.6) is 5.75 Å². The fourth-order valence-electron chi connectivity index (χ4n) is 5.20. The van der Waals surface area contributed by atoms with E-state index in [9.17, 15) is 34.5 Å². The third-order valence-electron chi connectivity index (χ3n) is 7.83. The third-order valence-corrected chi connectivity index (χ3v) is 7.83. The molecule has 1 fully saturated rings. The molecule has 0 saturated heterocycles. The number of aliphatic hydroxyl groups is 3. The molecule has 0 bridgehead atoms. The number of hydrogen-bond acceptors (Lipinski definition) is 10. The van der Waals surface area contributed by atoms with Crippen molar-refractivity contribution < 1.29 is 48.7 Å². The average molecular weight is 576 g/mol. The summed E-state index contributed by atoms with van der Waals surface area (Å²) >= 11 is 0. The molecular formula is C30H41NO10. The zero-order chi connectivity index (χ0) is 30.5. The molecule has 1 aromatic carbocycles. The van der Waals surface area contributed by atoms with Crippen LogP contribution in [0.4, 0.5) is 0 Å². The van der Waals surface area contributed by atoms with Crippen LogP contribution >= 0.6 is 0 Å². The van der Waals surface area contributed by atoms with Gasteiger partial charge in [0.25, 0.3) is 5.91 Å². The van der Waals surface area contributed by atoms with Gasteiger partial charge in [-0.05, 0) is 51.2 Å². The van der Waals surface area contributed by atoms with Crippen molar-refractivity contribution in [2.24, 2.45) is 0 Å². The summed E-state index contributed by atoms with van der Waals surface area (Å²) in [6.45, 7) is 9.30. The fourth-order valence-corrected chi connectivity index (χ4v) is 5.20. The topological polar surface area (TPSA) is 169 Å². The van der Waals surface area contributed by atoms with Crippen LogP contribution in [-0.2, 0) is 36.9 Å². The first kappa shape index (κ1) is 32.2. The third kappa shape index (κ3) is 7.52. The highest BCUT2D eigenvalue weighted by molar-refractivity contribution is 5.98. The number of hydrogen-bond donors (Lipinski definition) is 4. The highest BCUT2D eigenvalue weighted by Crippen LogP contribution is 2.39. The quantitative estimate of drug-likeness (QED) is 0.133. The van der Waals surface area contributed by atoms with Crippen LogP contribution in [-0.4, -0.2) is 69.6 Å². The summed E-state index contributed by atoms with van der Waals surface area (Å²) in [6.07, 6.45) is -0.778. The molecule has 1 aliphatic heterocycles. The van der Waals surface area contributed by atoms with Crippen molar-refractivity contribution >= 4 is 23.8 Å². The standard InChI is InChI=1S/C30H41NO10/c1-6-7-12-31-29(37)30(38)13-22(33)26(35)23(14-30)41-24(34)11-9-16(2)8-10-20-17(3)18(4)21-15-39-28(36)25(21)27(20)40-19(5)32/h8,22-23,26,33,35,38H,6-7,9-15H2,1-5H3,(H,31,37)/b16-8+/t22-,23-,26-,30+/m1/s1. The molecule has 1 amide bonds. The van der Waals surface area contributed by atoms with Crippen LogP contribution < -0.4 is 10.1 Å². The zero-order valence-electron chi connectivity index (χ0n) is 24.4. The van der Waals surface area contributed by atoms with E-state index >= 15 is 0 Å². The van der Waals surface area contributed by atoms with E-state index in [1.165, 1.54) is 6.92 Å².